The lowest BCUT2D eigenvalue weighted by Gasteiger charge is -2.22. The number of piperidine rings is 1. The van der Waals surface area contributed by atoms with Crippen LogP contribution in [0, 0.1) is 5.92 Å². The molecule has 1 aliphatic heterocycles. The lowest BCUT2D eigenvalue weighted by atomic mass is 9.94. The maximum atomic E-state index is 11.6. The summed E-state index contributed by atoms with van der Waals surface area (Å²) < 4.78 is 0. The largest absolute Gasteiger partial charge is 0.316 e. The molecule has 1 saturated heterocycles. The van der Waals surface area contributed by atoms with E-state index in [1.165, 1.54) is 25.7 Å². The Bertz CT molecular complexity index is 444. The van der Waals surface area contributed by atoms with Crippen molar-refractivity contribution in [2.75, 3.05) is 13.1 Å². The highest BCUT2D eigenvalue weighted by molar-refractivity contribution is 5.10. The van der Waals surface area contributed by atoms with Crippen LogP contribution in [0.3, 0.4) is 0 Å². The van der Waals surface area contributed by atoms with Gasteiger partial charge in [0.25, 0.3) is 5.56 Å². The van der Waals surface area contributed by atoms with E-state index in [0.29, 0.717) is 11.8 Å². The first-order valence-electron chi connectivity index (χ1n) is 6.62. The zero-order valence-electron chi connectivity index (χ0n) is 10.0. The number of nitrogens with one attached hydrogen (secondary N) is 2. The molecular weight excluding hydrogens is 214 g/mol. The van der Waals surface area contributed by atoms with Gasteiger partial charge in [0.2, 0.25) is 0 Å². The van der Waals surface area contributed by atoms with Crippen LogP contribution < -0.4 is 10.9 Å². The van der Waals surface area contributed by atoms with Gasteiger partial charge in [0, 0.05) is 17.7 Å². The van der Waals surface area contributed by atoms with Gasteiger partial charge < -0.3 is 10.3 Å². The predicted octanol–water partition coefficient (Wildman–Crippen LogP) is 1.19. The number of hydrogen-bond donors (Lipinski definition) is 2. The summed E-state index contributed by atoms with van der Waals surface area (Å²) in [4.78, 5) is 19.0. The molecule has 0 radical (unpaired) electrons. The second-order valence-corrected chi connectivity index (χ2v) is 5.31. The number of rotatable bonds is 3. The summed E-state index contributed by atoms with van der Waals surface area (Å²) in [6.07, 6.45) is 5.79. The van der Waals surface area contributed by atoms with Crippen molar-refractivity contribution in [1.29, 1.82) is 0 Å². The van der Waals surface area contributed by atoms with Gasteiger partial charge >= 0.3 is 0 Å². The number of H-pyrrole nitrogens is 1. The van der Waals surface area contributed by atoms with Crippen LogP contribution >= 0.6 is 0 Å². The van der Waals surface area contributed by atoms with Crippen LogP contribution in [-0.2, 0) is 6.42 Å². The summed E-state index contributed by atoms with van der Waals surface area (Å²) in [7, 11) is 0. The second-order valence-electron chi connectivity index (χ2n) is 5.31. The highest BCUT2D eigenvalue weighted by Crippen LogP contribution is 2.37. The molecule has 0 aromatic carbocycles. The molecule has 17 heavy (non-hydrogen) atoms. The van der Waals surface area contributed by atoms with Crippen LogP contribution in [0.15, 0.2) is 10.9 Å². The Morgan fingerprint density at radius 3 is 2.94 bits per heavy atom. The highest BCUT2D eigenvalue weighted by atomic mass is 16.1. The first-order valence-corrected chi connectivity index (χ1v) is 6.62. The van der Waals surface area contributed by atoms with Crippen LogP contribution in [0.1, 0.15) is 43.1 Å². The third kappa shape index (κ3) is 2.75. The van der Waals surface area contributed by atoms with E-state index >= 15 is 0 Å². The van der Waals surface area contributed by atoms with E-state index in [9.17, 15) is 4.79 Å². The number of hydrogen-bond acceptors (Lipinski definition) is 3. The van der Waals surface area contributed by atoms with Crippen molar-refractivity contribution in [2.24, 2.45) is 5.92 Å². The van der Waals surface area contributed by atoms with Gasteiger partial charge in [-0.2, -0.15) is 0 Å². The van der Waals surface area contributed by atoms with Gasteiger partial charge in [-0.3, -0.25) is 4.79 Å². The van der Waals surface area contributed by atoms with Gasteiger partial charge in [-0.25, -0.2) is 4.98 Å². The number of aromatic nitrogens is 2. The summed E-state index contributed by atoms with van der Waals surface area (Å²) in [5, 5.41) is 3.41. The fourth-order valence-corrected chi connectivity index (χ4v) is 2.58. The van der Waals surface area contributed by atoms with Gasteiger partial charge in [-0.05, 0) is 51.1 Å². The summed E-state index contributed by atoms with van der Waals surface area (Å²) in [6.45, 7) is 2.19. The van der Waals surface area contributed by atoms with Crippen LogP contribution in [0.25, 0.3) is 0 Å². The standard InChI is InChI=1S/C13H19N3O/c17-12-7-11(6-9-2-1-5-14-8-9)15-13(16-12)10-3-4-10/h7,9-10,14H,1-6,8H2,(H,15,16,17). The van der Waals surface area contributed by atoms with Crippen molar-refractivity contribution >= 4 is 0 Å². The summed E-state index contributed by atoms with van der Waals surface area (Å²) in [6, 6.07) is 1.67. The van der Waals surface area contributed by atoms with E-state index in [0.717, 1.165) is 31.0 Å². The van der Waals surface area contributed by atoms with Crippen molar-refractivity contribution in [2.45, 2.75) is 38.0 Å². The molecule has 1 aromatic rings. The average Bonchev–Trinajstić information content (AvgIpc) is 3.13. The molecule has 2 fully saturated rings. The van der Waals surface area contributed by atoms with Crippen molar-refractivity contribution < 1.29 is 0 Å². The summed E-state index contributed by atoms with van der Waals surface area (Å²) in [5.74, 6) is 2.08. The van der Waals surface area contributed by atoms with Gasteiger partial charge in [0.05, 0.1) is 0 Å². The maximum Gasteiger partial charge on any atom is 0.251 e. The van der Waals surface area contributed by atoms with Crippen LogP contribution in [0.4, 0.5) is 0 Å². The lowest BCUT2D eigenvalue weighted by molar-refractivity contribution is 0.373. The number of aromatic amines is 1. The topological polar surface area (TPSA) is 57.8 Å². The SMILES string of the molecule is O=c1cc(CC2CCCNC2)nc(C2CC2)[nH]1. The third-order valence-corrected chi connectivity index (χ3v) is 3.67. The molecular formula is C13H19N3O. The molecule has 0 bridgehead atoms. The van der Waals surface area contributed by atoms with E-state index < -0.39 is 0 Å². The molecule has 2 heterocycles. The van der Waals surface area contributed by atoms with Crippen LogP contribution in [-0.4, -0.2) is 23.1 Å². The van der Waals surface area contributed by atoms with Crippen molar-refractivity contribution in [3.05, 3.63) is 27.9 Å². The van der Waals surface area contributed by atoms with Gasteiger partial charge in [-0.1, -0.05) is 0 Å². The normalized spacial score (nSPS) is 24.8. The first-order chi connectivity index (χ1) is 8.31. The molecule has 2 aliphatic rings. The Balaban J connectivity index is 1.74. The van der Waals surface area contributed by atoms with Gasteiger partial charge in [0.1, 0.15) is 5.82 Å². The molecule has 1 atom stereocenters. The molecule has 1 aromatic heterocycles. The Morgan fingerprint density at radius 1 is 1.35 bits per heavy atom. The first kappa shape index (κ1) is 11.0. The minimum atomic E-state index is 0.0145. The zero-order valence-corrected chi connectivity index (χ0v) is 10.0. The molecule has 1 aliphatic carbocycles. The number of nitrogens with zero attached hydrogens (tertiary/aromatic N) is 1. The van der Waals surface area contributed by atoms with Crippen molar-refractivity contribution in [1.82, 2.24) is 15.3 Å². The van der Waals surface area contributed by atoms with Crippen molar-refractivity contribution in [3.63, 3.8) is 0 Å². The summed E-state index contributed by atoms with van der Waals surface area (Å²) in [5.41, 5.74) is 0.991. The monoisotopic (exact) mass is 233 g/mol. The van der Waals surface area contributed by atoms with Crippen molar-refractivity contribution in [3.8, 4) is 0 Å². The van der Waals surface area contributed by atoms with Gasteiger partial charge in [-0.15, -0.1) is 0 Å². The van der Waals surface area contributed by atoms with E-state index in [4.69, 9.17) is 0 Å². The summed E-state index contributed by atoms with van der Waals surface area (Å²) >= 11 is 0. The van der Waals surface area contributed by atoms with Crippen LogP contribution in [0.2, 0.25) is 0 Å². The Morgan fingerprint density at radius 2 is 2.24 bits per heavy atom. The quantitative estimate of drug-likeness (QED) is 0.824. The van der Waals surface area contributed by atoms with E-state index in [-0.39, 0.29) is 5.56 Å². The fraction of sp³-hybridized carbons (Fsp3) is 0.692. The second kappa shape index (κ2) is 4.61. The maximum absolute atomic E-state index is 11.6. The predicted molar refractivity (Wildman–Crippen MR) is 66.1 cm³/mol. The Hall–Kier alpha value is -1.16. The Labute approximate surface area is 101 Å². The molecule has 92 valence electrons. The lowest BCUT2D eigenvalue weighted by Crippen LogP contribution is -2.31. The van der Waals surface area contributed by atoms with E-state index in [1.54, 1.807) is 6.07 Å². The van der Waals surface area contributed by atoms with Crippen LogP contribution in [0.5, 0.6) is 0 Å². The van der Waals surface area contributed by atoms with E-state index in [2.05, 4.69) is 15.3 Å². The highest BCUT2D eigenvalue weighted by Gasteiger charge is 2.26. The fourth-order valence-electron chi connectivity index (χ4n) is 2.58. The minimum Gasteiger partial charge on any atom is -0.316 e. The Kier molecular flexibility index (Phi) is 2.97. The molecule has 3 rings (SSSR count). The molecule has 2 N–H and O–H groups in total. The molecule has 1 unspecified atom stereocenters. The molecule has 0 amide bonds. The van der Waals surface area contributed by atoms with Gasteiger partial charge in [0.15, 0.2) is 0 Å². The average molecular weight is 233 g/mol. The molecule has 1 saturated carbocycles. The zero-order chi connectivity index (χ0) is 11.7. The third-order valence-electron chi connectivity index (χ3n) is 3.67. The molecule has 0 spiro atoms. The van der Waals surface area contributed by atoms with E-state index in [1.807, 2.05) is 0 Å². The smallest absolute Gasteiger partial charge is 0.251 e. The minimum absolute atomic E-state index is 0.0145. The molecule has 4 heteroatoms. The molecule has 4 nitrogen and oxygen atoms in total.